The maximum Gasteiger partial charge on any atom is 0.231 e. The topological polar surface area (TPSA) is 94.9 Å². The molecule has 0 bridgehead atoms. The third-order valence-electron chi connectivity index (χ3n) is 4.97. The summed E-state index contributed by atoms with van der Waals surface area (Å²) in [6.07, 6.45) is 5.27. The maximum absolute atomic E-state index is 11.4. The number of hydrogen-bond donors (Lipinski definition) is 1. The van der Waals surface area contributed by atoms with Crippen molar-refractivity contribution in [2.75, 3.05) is 38.0 Å². The van der Waals surface area contributed by atoms with Crippen molar-refractivity contribution in [3.05, 3.63) is 36.2 Å². The monoisotopic (exact) mass is 408 g/mol. The summed E-state index contributed by atoms with van der Waals surface area (Å²) in [4.78, 5) is 2.36. The molecule has 0 aliphatic carbocycles. The first-order valence-electron chi connectivity index (χ1n) is 9.05. The number of likely N-dealkylation sites (tertiary alicyclic amines) is 1. The molecule has 2 aromatic rings. The molecule has 4 rings (SSSR count). The minimum atomic E-state index is -3.32. The van der Waals surface area contributed by atoms with Crippen molar-refractivity contribution in [2.45, 2.75) is 25.0 Å². The Balaban J connectivity index is 1.47. The fraction of sp³-hybridized carbons (Fsp3) is 0.500. The molecule has 2 atom stereocenters. The van der Waals surface area contributed by atoms with E-state index in [9.17, 15) is 8.42 Å². The molecule has 1 aromatic heterocycles. The fourth-order valence-corrected chi connectivity index (χ4v) is 4.32. The van der Waals surface area contributed by atoms with Crippen LogP contribution in [0.2, 0.25) is 0 Å². The molecular weight excluding hydrogens is 384 g/mol. The van der Waals surface area contributed by atoms with Crippen LogP contribution in [0.4, 0.5) is 5.69 Å². The van der Waals surface area contributed by atoms with E-state index in [-0.39, 0.29) is 18.9 Å². The van der Waals surface area contributed by atoms with Crippen molar-refractivity contribution in [3.8, 4) is 11.5 Å². The number of rotatable bonds is 7. The van der Waals surface area contributed by atoms with Gasteiger partial charge in [0.2, 0.25) is 16.8 Å². The second kappa shape index (κ2) is 7.61. The zero-order valence-electron chi connectivity index (χ0n) is 15.9. The van der Waals surface area contributed by atoms with Gasteiger partial charge in [-0.15, -0.1) is 0 Å². The molecular formula is C18H24N4O5S. The van der Waals surface area contributed by atoms with E-state index in [0.29, 0.717) is 12.3 Å². The van der Waals surface area contributed by atoms with Crippen LogP contribution in [0.1, 0.15) is 18.0 Å². The third kappa shape index (κ3) is 4.23. The van der Waals surface area contributed by atoms with Gasteiger partial charge in [-0.3, -0.25) is 14.3 Å². The van der Waals surface area contributed by atoms with Crippen LogP contribution in [0.3, 0.4) is 0 Å². The minimum Gasteiger partial charge on any atom is -0.454 e. The molecule has 0 spiro atoms. The quantitative estimate of drug-likeness (QED) is 0.741. The number of methoxy groups -OCH3 is 1. The molecule has 9 nitrogen and oxygen atoms in total. The molecule has 1 N–H and O–H groups in total. The molecule has 152 valence electrons. The number of nitrogens with zero attached hydrogens (tertiary/aromatic N) is 3. The summed E-state index contributed by atoms with van der Waals surface area (Å²) in [5.41, 5.74) is 1.62. The largest absolute Gasteiger partial charge is 0.454 e. The highest BCUT2D eigenvalue weighted by Crippen LogP contribution is 2.34. The first-order valence-corrected chi connectivity index (χ1v) is 10.9. The Hall–Kier alpha value is -2.30. The van der Waals surface area contributed by atoms with Crippen LogP contribution >= 0.6 is 0 Å². The Morgan fingerprint density at radius 1 is 1.32 bits per heavy atom. The lowest BCUT2D eigenvalue weighted by Gasteiger charge is -2.23. The molecule has 10 heteroatoms. The van der Waals surface area contributed by atoms with Crippen LogP contribution in [0.25, 0.3) is 0 Å². The van der Waals surface area contributed by atoms with Gasteiger partial charge < -0.3 is 14.2 Å². The van der Waals surface area contributed by atoms with E-state index in [1.165, 1.54) is 6.20 Å². The second-order valence-corrected chi connectivity index (χ2v) is 8.95. The number of aromatic nitrogens is 2. The Bertz CT molecular complexity index is 945. The number of ether oxygens (including phenoxy) is 3. The molecule has 1 saturated heterocycles. The molecule has 2 aliphatic rings. The van der Waals surface area contributed by atoms with Crippen molar-refractivity contribution in [3.63, 3.8) is 0 Å². The van der Waals surface area contributed by atoms with Gasteiger partial charge in [0.25, 0.3) is 0 Å². The number of fused-ring (bicyclic) bond motifs is 1. The average Bonchev–Trinajstić information content (AvgIpc) is 3.34. The Morgan fingerprint density at radius 2 is 2.14 bits per heavy atom. The highest BCUT2D eigenvalue weighted by molar-refractivity contribution is 7.92. The van der Waals surface area contributed by atoms with E-state index in [2.05, 4.69) is 14.7 Å². The molecule has 0 saturated carbocycles. The summed E-state index contributed by atoms with van der Waals surface area (Å²) < 4.78 is 43.4. The smallest absolute Gasteiger partial charge is 0.231 e. The molecule has 2 aliphatic heterocycles. The van der Waals surface area contributed by atoms with Crippen LogP contribution in [-0.4, -0.2) is 62.5 Å². The SMILES string of the molecule is COC[C@@H]1C[C@H](n2cc(NS(C)(=O)=O)cn2)CN1Cc1ccc2c(c1)OCO2. The predicted molar refractivity (Wildman–Crippen MR) is 103 cm³/mol. The first-order chi connectivity index (χ1) is 13.4. The summed E-state index contributed by atoms with van der Waals surface area (Å²) in [5, 5.41) is 4.35. The summed E-state index contributed by atoms with van der Waals surface area (Å²) in [7, 11) is -1.62. The van der Waals surface area contributed by atoms with Gasteiger partial charge in [-0.25, -0.2) is 8.42 Å². The van der Waals surface area contributed by atoms with Gasteiger partial charge in [-0.1, -0.05) is 6.07 Å². The fourth-order valence-electron chi connectivity index (χ4n) is 3.79. The van der Waals surface area contributed by atoms with Crippen LogP contribution < -0.4 is 14.2 Å². The summed E-state index contributed by atoms with van der Waals surface area (Å²) in [5.74, 6) is 1.55. The van der Waals surface area contributed by atoms with E-state index in [1.54, 1.807) is 13.3 Å². The van der Waals surface area contributed by atoms with Crippen molar-refractivity contribution in [1.29, 1.82) is 0 Å². The maximum atomic E-state index is 11.4. The standard InChI is InChI=1S/C18H24N4O5S/c1-25-11-16-6-15(22-9-14(7-19-22)20-28(2,23)24)10-21(16)8-13-3-4-17-18(5-13)27-12-26-17/h3-5,7,9,15-16,20H,6,8,10-12H2,1-2H3/t15-,16-/m0/s1. The summed E-state index contributed by atoms with van der Waals surface area (Å²) in [6.45, 7) is 2.44. The van der Waals surface area contributed by atoms with Crippen molar-refractivity contribution in [1.82, 2.24) is 14.7 Å². The minimum absolute atomic E-state index is 0.143. The van der Waals surface area contributed by atoms with Crippen molar-refractivity contribution < 1.29 is 22.6 Å². The lowest BCUT2D eigenvalue weighted by atomic mass is 10.1. The van der Waals surface area contributed by atoms with Gasteiger partial charge in [0.1, 0.15) is 0 Å². The van der Waals surface area contributed by atoms with E-state index in [1.807, 2.05) is 22.9 Å². The molecule has 0 unspecified atom stereocenters. The van der Waals surface area contributed by atoms with Crippen molar-refractivity contribution in [2.24, 2.45) is 0 Å². The van der Waals surface area contributed by atoms with Gasteiger partial charge in [-0.05, 0) is 24.1 Å². The molecule has 0 amide bonds. The Kier molecular flexibility index (Phi) is 5.17. The highest BCUT2D eigenvalue weighted by Gasteiger charge is 2.33. The van der Waals surface area contributed by atoms with Crippen LogP contribution in [0.15, 0.2) is 30.6 Å². The zero-order valence-corrected chi connectivity index (χ0v) is 16.7. The molecule has 3 heterocycles. The number of sulfonamides is 1. The molecule has 0 radical (unpaired) electrons. The Morgan fingerprint density at radius 3 is 2.93 bits per heavy atom. The van der Waals surface area contributed by atoms with Gasteiger partial charge in [0.05, 0.1) is 30.8 Å². The molecule has 1 fully saturated rings. The number of nitrogens with one attached hydrogen (secondary N) is 1. The number of hydrogen-bond acceptors (Lipinski definition) is 7. The van der Waals surface area contributed by atoms with Gasteiger partial charge in [0, 0.05) is 32.4 Å². The molecule has 1 aromatic carbocycles. The van der Waals surface area contributed by atoms with Crippen molar-refractivity contribution >= 4 is 15.7 Å². The van der Waals surface area contributed by atoms with Crippen LogP contribution in [0, 0.1) is 0 Å². The Labute approximate surface area is 164 Å². The van der Waals surface area contributed by atoms with Gasteiger partial charge in [-0.2, -0.15) is 5.10 Å². The third-order valence-corrected chi connectivity index (χ3v) is 5.57. The normalized spacial score (nSPS) is 21.9. The zero-order chi connectivity index (χ0) is 19.7. The first kappa shape index (κ1) is 19.0. The van der Waals surface area contributed by atoms with E-state index in [0.717, 1.165) is 42.8 Å². The summed E-state index contributed by atoms with van der Waals surface area (Å²) in [6, 6.07) is 6.39. The highest BCUT2D eigenvalue weighted by atomic mass is 32.2. The van der Waals surface area contributed by atoms with Gasteiger partial charge >= 0.3 is 0 Å². The van der Waals surface area contributed by atoms with E-state index >= 15 is 0 Å². The van der Waals surface area contributed by atoms with Gasteiger partial charge in [0.15, 0.2) is 11.5 Å². The average molecular weight is 408 g/mol. The lowest BCUT2D eigenvalue weighted by molar-refractivity contribution is 0.112. The van der Waals surface area contributed by atoms with Crippen LogP contribution in [-0.2, 0) is 21.3 Å². The van der Waals surface area contributed by atoms with E-state index in [4.69, 9.17) is 14.2 Å². The summed E-state index contributed by atoms with van der Waals surface area (Å²) >= 11 is 0. The number of anilines is 1. The second-order valence-electron chi connectivity index (χ2n) is 7.20. The molecule has 28 heavy (non-hydrogen) atoms. The lowest BCUT2D eigenvalue weighted by Crippen LogP contribution is -2.32. The van der Waals surface area contributed by atoms with E-state index < -0.39 is 10.0 Å². The predicted octanol–water partition coefficient (Wildman–Crippen LogP) is 1.45. The van der Waals surface area contributed by atoms with Crippen LogP contribution in [0.5, 0.6) is 11.5 Å². The number of benzene rings is 1.